The van der Waals surface area contributed by atoms with Crippen LogP contribution in [0.5, 0.6) is 0 Å². The van der Waals surface area contributed by atoms with Gasteiger partial charge in [-0.2, -0.15) is 0 Å². The van der Waals surface area contributed by atoms with Gasteiger partial charge >= 0.3 is 5.97 Å². The minimum atomic E-state index is -0.476. The summed E-state index contributed by atoms with van der Waals surface area (Å²) in [5.41, 5.74) is 1.06. The SMILES string of the molecule is COC(=O)[C@@]1(C)CC[C@]2(C)CC[C@]3(C)C(=CC(O)[C@@H]4[C@@]5(C)CC[C@H](O)C(C)(C)[C@@H]5CC[C@]43C)[C@@H]2C1. The molecule has 1 unspecified atom stereocenters. The minimum Gasteiger partial charge on any atom is -0.469 e. The Balaban J connectivity index is 1.60. The highest BCUT2D eigenvalue weighted by Gasteiger charge is 2.70. The molecule has 5 aliphatic carbocycles. The van der Waals surface area contributed by atoms with E-state index in [2.05, 4.69) is 54.5 Å². The Labute approximate surface area is 213 Å². The molecule has 198 valence electrons. The van der Waals surface area contributed by atoms with E-state index in [0.29, 0.717) is 11.8 Å². The van der Waals surface area contributed by atoms with Crippen molar-refractivity contribution >= 4 is 5.97 Å². The molecule has 35 heavy (non-hydrogen) atoms. The molecule has 0 aliphatic heterocycles. The largest absolute Gasteiger partial charge is 0.469 e. The molecule has 0 aromatic carbocycles. The Morgan fingerprint density at radius 2 is 1.57 bits per heavy atom. The van der Waals surface area contributed by atoms with Gasteiger partial charge in [-0.25, -0.2) is 0 Å². The summed E-state index contributed by atoms with van der Waals surface area (Å²) < 4.78 is 5.27. The predicted molar refractivity (Wildman–Crippen MR) is 138 cm³/mol. The normalized spacial score (nSPS) is 54.9. The highest BCUT2D eigenvalue weighted by molar-refractivity contribution is 5.76. The first-order chi connectivity index (χ1) is 16.1. The predicted octanol–water partition coefficient (Wildman–Crippen LogP) is 6.29. The molecule has 0 spiro atoms. The van der Waals surface area contributed by atoms with Crippen molar-refractivity contribution in [2.45, 2.75) is 118 Å². The van der Waals surface area contributed by atoms with Crippen molar-refractivity contribution in [3.8, 4) is 0 Å². The zero-order valence-corrected chi connectivity index (χ0v) is 23.5. The number of methoxy groups -OCH3 is 1. The number of ether oxygens (including phenoxy) is 1. The van der Waals surface area contributed by atoms with Crippen LogP contribution < -0.4 is 0 Å². The van der Waals surface area contributed by atoms with E-state index in [-0.39, 0.29) is 45.1 Å². The van der Waals surface area contributed by atoms with E-state index in [4.69, 9.17) is 4.74 Å². The van der Waals surface area contributed by atoms with E-state index in [1.54, 1.807) is 0 Å². The highest BCUT2D eigenvalue weighted by Crippen LogP contribution is 2.75. The van der Waals surface area contributed by atoms with Crippen molar-refractivity contribution in [1.29, 1.82) is 0 Å². The van der Waals surface area contributed by atoms with E-state index < -0.39 is 11.5 Å². The summed E-state index contributed by atoms with van der Waals surface area (Å²) in [4.78, 5) is 12.8. The van der Waals surface area contributed by atoms with Crippen LogP contribution in [-0.2, 0) is 9.53 Å². The molecule has 2 N–H and O–H groups in total. The zero-order chi connectivity index (χ0) is 25.8. The number of carbonyl (C=O) groups excluding carboxylic acids is 1. The van der Waals surface area contributed by atoms with E-state index >= 15 is 0 Å². The highest BCUT2D eigenvalue weighted by atomic mass is 16.5. The monoisotopic (exact) mass is 486 g/mol. The molecule has 4 nitrogen and oxygen atoms in total. The molecule has 0 radical (unpaired) electrons. The van der Waals surface area contributed by atoms with Crippen LogP contribution in [0.1, 0.15) is 106 Å². The second-order valence-electron chi connectivity index (χ2n) is 15.3. The molecule has 4 saturated carbocycles. The average Bonchev–Trinajstić information content (AvgIpc) is 2.78. The molecule has 0 bridgehead atoms. The third kappa shape index (κ3) is 3.14. The van der Waals surface area contributed by atoms with Crippen molar-refractivity contribution in [1.82, 2.24) is 0 Å². The number of fused-ring (bicyclic) bond motifs is 7. The first-order valence-corrected chi connectivity index (χ1v) is 14.3. The molecule has 10 atom stereocenters. The fraction of sp³-hybridized carbons (Fsp3) is 0.903. The number of allylic oxidation sites excluding steroid dienone is 1. The molecular formula is C31H50O4. The lowest BCUT2D eigenvalue weighted by molar-refractivity contribution is -0.224. The van der Waals surface area contributed by atoms with Gasteiger partial charge in [0.05, 0.1) is 24.7 Å². The van der Waals surface area contributed by atoms with Crippen LogP contribution in [0.2, 0.25) is 0 Å². The fourth-order valence-electron chi connectivity index (χ4n) is 10.9. The lowest BCUT2D eigenvalue weighted by atomic mass is 9.33. The van der Waals surface area contributed by atoms with Crippen LogP contribution >= 0.6 is 0 Å². The third-order valence-corrected chi connectivity index (χ3v) is 13.4. The van der Waals surface area contributed by atoms with Crippen LogP contribution in [0.3, 0.4) is 0 Å². The van der Waals surface area contributed by atoms with Gasteiger partial charge in [-0.3, -0.25) is 4.79 Å². The maximum absolute atomic E-state index is 12.8. The summed E-state index contributed by atoms with van der Waals surface area (Å²) >= 11 is 0. The van der Waals surface area contributed by atoms with Gasteiger partial charge in [0.2, 0.25) is 0 Å². The Hall–Kier alpha value is -0.870. The van der Waals surface area contributed by atoms with Crippen LogP contribution in [0.4, 0.5) is 0 Å². The number of hydrogen-bond donors (Lipinski definition) is 2. The lowest BCUT2D eigenvalue weighted by Gasteiger charge is -2.72. The summed E-state index contributed by atoms with van der Waals surface area (Å²) in [6, 6.07) is 0. The molecule has 0 amide bonds. The summed E-state index contributed by atoms with van der Waals surface area (Å²) in [6.45, 7) is 16.4. The maximum atomic E-state index is 12.8. The summed E-state index contributed by atoms with van der Waals surface area (Å²) in [7, 11) is 1.52. The first-order valence-electron chi connectivity index (χ1n) is 14.3. The molecule has 0 aromatic rings. The summed E-state index contributed by atoms with van der Waals surface area (Å²) in [5, 5.41) is 22.9. The number of esters is 1. The second-order valence-corrected chi connectivity index (χ2v) is 15.3. The smallest absolute Gasteiger partial charge is 0.311 e. The maximum Gasteiger partial charge on any atom is 0.311 e. The Bertz CT molecular complexity index is 938. The number of carbonyl (C=O) groups is 1. The van der Waals surface area contributed by atoms with Crippen molar-refractivity contribution in [2.24, 2.45) is 50.2 Å². The topological polar surface area (TPSA) is 66.8 Å². The Kier molecular flexibility index (Phi) is 5.59. The number of rotatable bonds is 1. The molecule has 0 saturated heterocycles. The minimum absolute atomic E-state index is 0.000562. The Morgan fingerprint density at radius 3 is 2.23 bits per heavy atom. The standard InChI is InChI=1S/C31H50O4/c1-26(2)22-9-12-31(7)24(29(22,5)11-10-23(26)33)21(32)17-19-20-18-28(4,25(34)35-8)14-13-27(20,3)15-16-30(19,31)6/h17,20-24,32-33H,9-16,18H2,1-8H3/t20-,21?,22-,23-,24+,27+,28-,29-,30+,31+/m0/s1. The number of aliphatic hydroxyl groups is 2. The lowest BCUT2D eigenvalue weighted by Crippen LogP contribution is -2.67. The van der Waals surface area contributed by atoms with E-state index in [1.165, 1.54) is 19.1 Å². The van der Waals surface area contributed by atoms with Gasteiger partial charge < -0.3 is 14.9 Å². The second kappa shape index (κ2) is 7.59. The molecule has 4 fully saturated rings. The first kappa shape index (κ1) is 25.8. The van der Waals surface area contributed by atoms with Gasteiger partial charge in [0.25, 0.3) is 0 Å². The molecule has 0 heterocycles. The quantitative estimate of drug-likeness (QED) is 0.337. The van der Waals surface area contributed by atoms with Crippen molar-refractivity contribution < 1.29 is 19.7 Å². The van der Waals surface area contributed by atoms with Crippen molar-refractivity contribution in [3.63, 3.8) is 0 Å². The van der Waals surface area contributed by atoms with Crippen LogP contribution in [0.15, 0.2) is 11.6 Å². The van der Waals surface area contributed by atoms with Gasteiger partial charge in [-0.15, -0.1) is 0 Å². The molecular weight excluding hydrogens is 436 g/mol. The van der Waals surface area contributed by atoms with Gasteiger partial charge in [-0.1, -0.05) is 53.2 Å². The van der Waals surface area contributed by atoms with Crippen LogP contribution in [0.25, 0.3) is 0 Å². The van der Waals surface area contributed by atoms with Gasteiger partial charge in [0.15, 0.2) is 0 Å². The van der Waals surface area contributed by atoms with Crippen molar-refractivity contribution in [3.05, 3.63) is 11.6 Å². The summed E-state index contributed by atoms with van der Waals surface area (Å²) in [5.74, 6) is 0.830. The van der Waals surface area contributed by atoms with E-state index in [9.17, 15) is 15.0 Å². The molecule has 5 rings (SSSR count). The van der Waals surface area contributed by atoms with E-state index in [1.807, 2.05) is 0 Å². The number of aliphatic hydroxyl groups excluding tert-OH is 2. The van der Waals surface area contributed by atoms with Crippen LogP contribution in [0, 0.1) is 50.2 Å². The average molecular weight is 487 g/mol. The van der Waals surface area contributed by atoms with Crippen LogP contribution in [-0.4, -0.2) is 35.5 Å². The molecule has 4 heteroatoms. The molecule has 5 aliphatic rings. The molecule has 0 aromatic heterocycles. The summed E-state index contributed by atoms with van der Waals surface area (Å²) in [6.07, 6.45) is 10.6. The van der Waals surface area contributed by atoms with E-state index in [0.717, 1.165) is 51.4 Å². The van der Waals surface area contributed by atoms with Crippen molar-refractivity contribution in [2.75, 3.05) is 7.11 Å². The Morgan fingerprint density at radius 1 is 0.914 bits per heavy atom. The number of hydrogen-bond acceptors (Lipinski definition) is 4. The fourth-order valence-corrected chi connectivity index (χ4v) is 10.9. The van der Waals surface area contributed by atoms with Gasteiger partial charge in [-0.05, 0) is 104 Å². The third-order valence-electron chi connectivity index (χ3n) is 13.4. The van der Waals surface area contributed by atoms with Gasteiger partial charge in [0.1, 0.15) is 0 Å². The van der Waals surface area contributed by atoms with Gasteiger partial charge in [0, 0.05) is 5.92 Å². The zero-order valence-electron chi connectivity index (χ0n) is 23.5.